The van der Waals surface area contributed by atoms with Gasteiger partial charge in [0.25, 0.3) is 5.78 Å². The Morgan fingerprint density at radius 2 is 2.35 bits per heavy atom. The van der Waals surface area contributed by atoms with Crippen molar-refractivity contribution in [2.45, 2.75) is 18.8 Å². The summed E-state index contributed by atoms with van der Waals surface area (Å²) < 4.78 is 7.31. The fourth-order valence-corrected chi connectivity index (χ4v) is 2.75. The molecule has 0 fully saturated rings. The maximum atomic E-state index is 9.26. The zero-order valence-electron chi connectivity index (χ0n) is 10.5. The van der Waals surface area contributed by atoms with Gasteiger partial charge in [-0.25, -0.2) is 4.98 Å². The molecule has 1 unspecified atom stereocenters. The van der Waals surface area contributed by atoms with E-state index in [1.54, 1.807) is 18.8 Å². The van der Waals surface area contributed by atoms with E-state index in [4.69, 9.17) is 4.42 Å². The van der Waals surface area contributed by atoms with Gasteiger partial charge in [-0.15, -0.1) is 10.2 Å². The highest BCUT2D eigenvalue weighted by molar-refractivity contribution is 6.02. The van der Waals surface area contributed by atoms with Crippen LogP contribution in [0.15, 0.2) is 40.5 Å². The van der Waals surface area contributed by atoms with Crippen LogP contribution in [0.1, 0.15) is 29.4 Å². The Hall–Kier alpha value is -2.70. The highest BCUT2D eigenvalue weighted by Crippen LogP contribution is 2.33. The van der Waals surface area contributed by atoms with Crippen LogP contribution in [0.5, 0.6) is 0 Å². The van der Waals surface area contributed by atoms with Gasteiger partial charge in [0.05, 0.1) is 12.0 Å². The third kappa shape index (κ3) is 1.52. The van der Waals surface area contributed by atoms with E-state index in [1.807, 2.05) is 16.5 Å². The Balaban J connectivity index is 1.90. The molecule has 3 heterocycles. The minimum Gasteiger partial charge on any atom is -0.469 e. The van der Waals surface area contributed by atoms with Gasteiger partial charge in [0.15, 0.2) is 0 Å². The normalized spacial score (nSPS) is 20.4. The molecule has 1 aliphatic rings. The summed E-state index contributed by atoms with van der Waals surface area (Å²) in [6.45, 7) is 0. The van der Waals surface area contributed by atoms with Crippen molar-refractivity contribution in [3.63, 3.8) is 0 Å². The van der Waals surface area contributed by atoms with Crippen LogP contribution in [0.3, 0.4) is 0 Å². The van der Waals surface area contributed by atoms with E-state index in [-0.39, 0.29) is 5.92 Å². The lowest BCUT2D eigenvalue weighted by molar-refractivity contribution is 0.316. The van der Waals surface area contributed by atoms with Crippen molar-refractivity contribution in [3.05, 3.63) is 47.9 Å². The molecular weight excluding hydrogens is 258 g/mol. The lowest BCUT2D eigenvalue weighted by atomic mass is 9.84. The molecule has 3 aromatic rings. The zero-order valence-corrected chi connectivity index (χ0v) is 10.5. The highest BCUT2D eigenvalue weighted by atomic mass is 16.4. The highest BCUT2D eigenvalue weighted by Gasteiger charge is 2.29. The van der Waals surface area contributed by atoms with Gasteiger partial charge in [0, 0.05) is 29.8 Å². The SMILES string of the molecule is O/N=C1\CC(c2ccco2)Cc2c1cnc1nncn21. The number of fused-ring (bicyclic) bond motifs is 3. The minimum absolute atomic E-state index is 0.136. The number of aromatic nitrogens is 4. The van der Waals surface area contributed by atoms with E-state index in [1.165, 1.54) is 0 Å². The van der Waals surface area contributed by atoms with Crippen LogP contribution in [0.4, 0.5) is 0 Å². The van der Waals surface area contributed by atoms with E-state index < -0.39 is 0 Å². The summed E-state index contributed by atoms with van der Waals surface area (Å²) in [4.78, 5) is 4.21. The van der Waals surface area contributed by atoms with Gasteiger partial charge in [-0.3, -0.25) is 4.40 Å². The number of nitrogens with zero attached hydrogens (tertiary/aromatic N) is 5. The average Bonchev–Trinajstić information content (AvgIpc) is 3.16. The van der Waals surface area contributed by atoms with Crippen molar-refractivity contribution in [2.24, 2.45) is 5.16 Å². The van der Waals surface area contributed by atoms with E-state index in [9.17, 15) is 5.21 Å². The fourth-order valence-electron chi connectivity index (χ4n) is 2.75. The van der Waals surface area contributed by atoms with E-state index >= 15 is 0 Å². The number of rotatable bonds is 1. The van der Waals surface area contributed by atoms with Crippen LogP contribution < -0.4 is 0 Å². The molecule has 0 bridgehead atoms. The van der Waals surface area contributed by atoms with Gasteiger partial charge in [0.1, 0.15) is 12.1 Å². The molecule has 0 aromatic carbocycles. The number of oxime groups is 1. The Bertz CT molecular complexity index is 790. The van der Waals surface area contributed by atoms with Crippen LogP contribution in [-0.4, -0.2) is 30.5 Å². The van der Waals surface area contributed by atoms with E-state index in [0.717, 1.165) is 23.4 Å². The number of hydrogen-bond acceptors (Lipinski definition) is 6. The molecule has 4 rings (SSSR count). The summed E-state index contributed by atoms with van der Waals surface area (Å²) in [6, 6.07) is 3.80. The molecule has 100 valence electrons. The van der Waals surface area contributed by atoms with Crippen LogP contribution in [0.2, 0.25) is 0 Å². The summed E-state index contributed by atoms with van der Waals surface area (Å²) in [5.41, 5.74) is 2.43. The van der Waals surface area contributed by atoms with Gasteiger partial charge < -0.3 is 9.62 Å². The molecule has 1 atom stereocenters. The average molecular weight is 269 g/mol. The molecule has 0 saturated carbocycles. The minimum atomic E-state index is 0.136. The van der Waals surface area contributed by atoms with Crippen molar-refractivity contribution in [1.82, 2.24) is 19.6 Å². The molecule has 1 aliphatic carbocycles. The first kappa shape index (κ1) is 11.2. The summed E-state index contributed by atoms with van der Waals surface area (Å²) >= 11 is 0. The van der Waals surface area contributed by atoms with Gasteiger partial charge in [-0.2, -0.15) is 0 Å². The Labute approximate surface area is 113 Å². The van der Waals surface area contributed by atoms with Crippen molar-refractivity contribution in [1.29, 1.82) is 0 Å². The standard InChI is InChI=1S/C13H11N5O2/c19-17-10-4-8(12-2-1-3-20-12)5-11-9(10)6-14-13-16-15-7-18(11)13/h1-3,6-8,19H,4-5H2/b17-10+. The topological polar surface area (TPSA) is 88.8 Å². The van der Waals surface area contributed by atoms with Gasteiger partial charge in [0.2, 0.25) is 0 Å². The molecule has 0 aliphatic heterocycles. The maximum absolute atomic E-state index is 9.26. The zero-order chi connectivity index (χ0) is 13.5. The van der Waals surface area contributed by atoms with E-state index in [2.05, 4.69) is 20.3 Å². The van der Waals surface area contributed by atoms with E-state index in [0.29, 0.717) is 17.9 Å². The molecular formula is C13H11N5O2. The molecule has 3 aromatic heterocycles. The third-order valence-corrected chi connectivity index (χ3v) is 3.70. The Morgan fingerprint density at radius 3 is 3.15 bits per heavy atom. The van der Waals surface area contributed by atoms with Crippen molar-refractivity contribution < 1.29 is 9.62 Å². The monoisotopic (exact) mass is 269 g/mol. The Kier molecular flexibility index (Phi) is 2.32. The van der Waals surface area contributed by atoms with Crippen LogP contribution in [-0.2, 0) is 6.42 Å². The molecule has 1 N–H and O–H groups in total. The van der Waals surface area contributed by atoms with Crippen molar-refractivity contribution in [3.8, 4) is 0 Å². The lowest BCUT2D eigenvalue weighted by Gasteiger charge is -2.23. The molecule has 7 nitrogen and oxygen atoms in total. The molecule has 0 amide bonds. The second-order valence-corrected chi connectivity index (χ2v) is 4.79. The molecule has 20 heavy (non-hydrogen) atoms. The largest absolute Gasteiger partial charge is 0.469 e. The first-order chi connectivity index (χ1) is 9.86. The third-order valence-electron chi connectivity index (χ3n) is 3.70. The number of hydrogen-bond donors (Lipinski definition) is 1. The van der Waals surface area contributed by atoms with Gasteiger partial charge in [-0.05, 0) is 18.6 Å². The maximum Gasteiger partial charge on any atom is 0.255 e. The predicted molar refractivity (Wildman–Crippen MR) is 68.9 cm³/mol. The van der Waals surface area contributed by atoms with Crippen molar-refractivity contribution in [2.75, 3.05) is 0 Å². The number of furan rings is 1. The molecule has 0 radical (unpaired) electrons. The van der Waals surface area contributed by atoms with Crippen molar-refractivity contribution >= 4 is 11.5 Å². The summed E-state index contributed by atoms with van der Waals surface area (Å²) in [5.74, 6) is 1.56. The summed E-state index contributed by atoms with van der Waals surface area (Å²) in [5, 5.41) is 20.5. The molecule has 0 spiro atoms. The first-order valence-electron chi connectivity index (χ1n) is 6.29. The van der Waals surface area contributed by atoms with Crippen LogP contribution >= 0.6 is 0 Å². The van der Waals surface area contributed by atoms with Crippen LogP contribution in [0, 0.1) is 0 Å². The smallest absolute Gasteiger partial charge is 0.255 e. The lowest BCUT2D eigenvalue weighted by Crippen LogP contribution is -2.22. The molecule has 0 saturated heterocycles. The van der Waals surface area contributed by atoms with Crippen LogP contribution in [0.25, 0.3) is 5.78 Å². The molecule has 7 heteroatoms. The quantitative estimate of drug-likeness (QED) is 0.535. The summed E-state index contributed by atoms with van der Waals surface area (Å²) in [6.07, 6.45) is 6.35. The fraction of sp³-hybridized carbons (Fsp3) is 0.231. The predicted octanol–water partition coefficient (Wildman–Crippen LogP) is 1.63. The van der Waals surface area contributed by atoms with Gasteiger partial charge in [-0.1, -0.05) is 5.16 Å². The second kappa shape index (κ2) is 4.16. The Morgan fingerprint density at radius 1 is 1.40 bits per heavy atom. The first-order valence-corrected chi connectivity index (χ1v) is 6.29. The van der Waals surface area contributed by atoms with Gasteiger partial charge >= 0.3 is 0 Å². The second-order valence-electron chi connectivity index (χ2n) is 4.79. The summed E-state index contributed by atoms with van der Waals surface area (Å²) in [7, 11) is 0.